The first-order chi connectivity index (χ1) is 10.6. The summed E-state index contributed by atoms with van der Waals surface area (Å²) in [5.74, 6) is 0.303. The molecule has 1 heterocycles. The molecule has 1 fully saturated rings. The molecule has 0 amide bonds. The van der Waals surface area contributed by atoms with E-state index in [1.807, 2.05) is 12.1 Å². The van der Waals surface area contributed by atoms with Gasteiger partial charge in [0.25, 0.3) is 0 Å². The highest BCUT2D eigenvalue weighted by Gasteiger charge is 2.26. The summed E-state index contributed by atoms with van der Waals surface area (Å²) in [7, 11) is 0. The van der Waals surface area contributed by atoms with Crippen LogP contribution >= 0.6 is 0 Å². The Kier molecular flexibility index (Phi) is 4.44. The van der Waals surface area contributed by atoms with Gasteiger partial charge in [-0.15, -0.1) is 0 Å². The maximum Gasteiger partial charge on any atom is 0.146 e. The lowest BCUT2D eigenvalue weighted by atomic mass is 9.88. The monoisotopic (exact) mass is 298 g/mol. The smallest absolute Gasteiger partial charge is 0.146 e. The molecule has 116 valence electrons. The van der Waals surface area contributed by atoms with Gasteiger partial charge in [0.1, 0.15) is 5.82 Å². The van der Waals surface area contributed by atoms with E-state index in [-0.39, 0.29) is 11.9 Å². The van der Waals surface area contributed by atoms with Crippen LogP contribution in [0.15, 0.2) is 48.5 Å². The normalized spacial score (nSPS) is 21.9. The Hall–Kier alpha value is -1.87. The fourth-order valence-electron chi connectivity index (χ4n) is 3.36. The lowest BCUT2D eigenvalue weighted by molar-refractivity contribution is 0.372. The van der Waals surface area contributed by atoms with Gasteiger partial charge in [0.05, 0.1) is 5.69 Å². The number of nitrogens with zero attached hydrogens (tertiary/aromatic N) is 1. The van der Waals surface area contributed by atoms with E-state index in [2.05, 4.69) is 36.1 Å². The third-order valence-corrected chi connectivity index (χ3v) is 4.41. The van der Waals surface area contributed by atoms with Gasteiger partial charge in [0.15, 0.2) is 0 Å². The SMILES string of the molecule is Cc1ccc(CC2CC(N)CN(c3ccccc3F)C2)cc1. The first-order valence-electron chi connectivity index (χ1n) is 7.92. The number of anilines is 1. The minimum Gasteiger partial charge on any atom is -0.367 e. The highest BCUT2D eigenvalue weighted by atomic mass is 19.1. The number of nitrogens with two attached hydrogens (primary N) is 1. The molecule has 2 atom stereocenters. The molecule has 2 unspecified atom stereocenters. The number of hydrogen-bond acceptors (Lipinski definition) is 2. The third-order valence-electron chi connectivity index (χ3n) is 4.41. The predicted molar refractivity (Wildman–Crippen MR) is 89.6 cm³/mol. The van der Waals surface area contributed by atoms with Crippen molar-refractivity contribution in [1.29, 1.82) is 0 Å². The average molecular weight is 298 g/mol. The maximum absolute atomic E-state index is 14.0. The van der Waals surface area contributed by atoms with Crippen LogP contribution in [0.4, 0.5) is 10.1 Å². The Labute approximate surface area is 131 Å². The van der Waals surface area contributed by atoms with Crippen LogP contribution in [0.5, 0.6) is 0 Å². The van der Waals surface area contributed by atoms with Crippen molar-refractivity contribution >= 4 is 5.69 Å². The summed E-state index contributed by atoms with van der Waals surface area (Å²) < 4.78 is 14.0. The van der Waals surface area contributed by atoms with Gasteiger partial charge in [-0.1, -0.05) is 42.0 Å². The molecule has 1 aliphatic heterocycles. The minimum absolute atomic E-state index is 0.101. The summed E-state index contributed by atoms with van der Waals surface area (Å²) in [5, 5.41) is 0. The van der Waals surface area contributed by atoms with E-state index in [9.17, 15) is 4.39 Å². The van der Waals surface area contributed by atoms with Crippen LogP contribution in [0, 0.1) is 18.7 Å². The molecule has 2 N–H and O–H groups in total. The zero-order valence-corrected chi connectivity index (χ0v) is 13.0. The van der Waals surface area contributed by atoms with Gasteiger partial charge in [-0.2, -0.15) is 0 Å². The number of rotatable bonds is 3. The van der Waals surface area contributed by atoms with Crippen LogP contribution in [-0.2, 0) is 6.42 Å². The molecule has 3 rings (SSSR count). The predicted octanol–water partition coefficient (Wildman–Crippen LogP) is 3.53. The van der Waals surface area contributed by atoms with Crippen molar-refractivity contribution in [3.05, 3.63) is 65.5 Å². The van der Waals surface area contributed by atoms with Crippen molar-refractivity contribution in [2.45, 2.75) is 25.8 Å². The first-order valence-corrected chi connectivity index (χ1v) is 7.92. The van der Waals surface area contributed by atoms with E-state index in [0.29, 0.717) is 11.6 Å². The van der Waals surface area contributed by atoms with Gasteiger partial charge in [-0.25, -0.2) is 4.39 Å². The summed E-state index contributed by atoms with van der Waals surface area (Å²) >= 11 is 0. The van der Waals surface area contributed by atoms with E-state index in [1.165, 1.54) is 17.2 Å². The maximum atomic E-state index is 14.0. The summed E-state index contributed by atoms with van der Waals surface area (Å²) in [6.07, 6.45) is 2.00. The minimum atomic E-state index is -0.161. The van der Waals surface area contributed by atoms with Crippen LogP contribution in [0.25, 0.3) is 0 Å². The van der Waals surface area contributed by atoms with Crippen LogP contribution in [0.3, 0.4) is 0 Å². The Balaban J connectivity index is 1.73. The van der Waals surface area contributed by atoms with Crippen LogP contribution in [0.2, 0.25) is 0 Å². The second-order valence-electron chi connectivity index (χ2n) is 6.41. The Morgan fingerprint density at radius 2 is 1.82 bits per heavy atom. The molecular weight excluding hydrogens is 275 g/mol. The lowest BCUT2D eigenvalue weighted by Gasteiger charge is -2.38. The Morgan fingerprint density at radius 1 is 1.09 bits per heavy atom. The number of piperidine rings is 1. The fraction of sp³-hybridized carbons (Fsp3) is 0.368. The molecule has 0 radical (unpaired) electrons. The number of hydrogen-bond donors (Lipinski definition) is 1. The zero-order chi connectivity index (χ0) is 15.5. The molecule has 22 heavy (non-hydrogen) atoms. The second kappa shape index (κ2) is 6.49. The lowest BCUT2D eigenvalue weighted by Crippen LogP contribution is -2.48. The van der Waals surface area contributed by atoms with Crippen LogP contribution in [-0.4, -0.2) is 19.1 Å². The van der Waals surface area contributed by atoms with Crippen molar-refractivity contribution in [3.63, 3.8) is 0 Å². The van der Waals surface area contributed by atoms with Crippen LogP contribution < -0.4 is 10.6 Å². The number of benzene rings is 2. The van der Waals surface area contributed by atoms with Crippen LogP contribution in [0.1, 0.15) is 17.5 Å². The molecule has 1 saturated heterocycles. The average Bonchev–Trinajstić information content (AvgIpc) is 2.49. The molecule has 2 aromatic carbocycles. The number of aryl methyl sites for hydroxylation is 1. The Bertz CT molecular complexity index is 624. The molecule has 0 saturated carbocycles. The quantitative estimate of drug-likeness (QED) is 0.939. The van der Waals surface area contributed by atoms with Gasteiger partial charge in [0, 0.05) is 19.1 Å². The Morgan fingerprint density at radius 3 is 2.55 bits per heavy atom. The second-order valence-corrected chi connectivity index (χ2v) is 6.41. The van der Waals surface area contributed by atoms with E-state index in [0.717, 1.165) is 25.9 Å². The van der Waals surface area contributed by atoms with E-state index in [4.69, 9.17) is 5.73 Å². The van der Waals surface area contributed by atoms with Gasteiger partial charge >= 0.3 is 0 Å². The van der Waals surface area contributed by atoms with Crippen molar-refractivity contribution in [3.8, 4) is 0 Å². The molecular formula is C19H23FN2. The number of halogens is 1. The molecule has 0 aromatic heterocycles. The van der Waals surface area contributed by atoms with Gasteiger partial charge < -0.3 is 10.6 Å². The van der Waals surface area contributed by atoms with Crippen molar-refractivity contribution in [2.75, 3.05) is 18.0 Å². The van der Waals surface area contributed by atoms with E-state index in [1.54, 1.807) is 6.07 Å². The molecule has 3 heteroatoms. The summed E-state index contributed by atoms with van der Waals surface area (Å²) in [5.41, 5.74) is 9.50. The summed E-state index contributed by atoms with van der Waals surface area (Å²) in [4.78, 5) is 2.10. The molecule has 0 spiro atoms. The highest BCUT2D eigenvalue weighted by molar-refractivity contribution is 5.48. The molecule has 0 aliphatic carbocycles. The number of para-hydroxylation sites is 1. The van der Waals surface area contributed by atoms with E-state index < -0.39 is 0 Å². The van der Waals surface area contributed by atoms with Crippen molar-refractivity contribution in [2.24, 2.45) is 11.7 Å². The molecule has 1 aliphatic rings. The van der Waals surface area contributed by atoms with Gasteiger partial charge in [0.2, 0.25) is 0 Å². The highest BCUT2D eigenvalue weighted by Crippen LogP contribution is 2.27. The largest absolute Gasteiger partial charge is 0.367 e. The first kappa shape index (κ1) is 15.0. The summed E-state index contributed by atoms with van der Waals surface area (Å²) in [6.45, 7) is 3.69. The van der Waals surface area contributed by atoms with Gasteiger partial charge in [-0.05, 0) is 43.4 Å². The van der Waals surface area contributed by atoms with Gasteiger partial charge in [-0.3, -0.25) is 0 Å². The topological polar surface area (TPSA) is 29.3 Å². The standard InChI is InChI=1S/C19H23FN2/c1-14-6-8-15(9-7-14)10-16-11-17(21)13-22(12-16)19-5-3-2-4-18(19)20/h2-9,16-17H,10-13,21H2,1H3. The molecule has 2 aromatic rings. The van der Waals surface area contributed by atoms with Crippen molar-refractivity contribution < 1.29 is 4.39 Å². The third kappa shape index (κ3) is 3.47. The summed E-state index contributed by atoms with van der Waals surface area (Å²) in [6, 6.07) is 15.7. The fourth-order valence-corrected chi connectivity index (χ4v) is 3.36. The van der Waals surface area contributed by atoms with E-state index >= 15 is 0 Å². The molecule has 2 nitrogen and oxygen atoms in total. The van der Waals surface area contributed by atoms with Crippen molar-refractivity contribution in [1.82, 2.24) is 0 Å². The molecule has 0 bridgehead atoms. The zero-order valence-electron chi connectivity index (χ0n) is 13.0.